The van der Waals surface area contributed by atoms with E-state index in [1.807, 2.05) is 36.4 Å². The molecule has 0 saturated carbocycles. The Balaban J connectivity index is 1.84. The third-order valence-electron chi connectivity index (χ3n) is 5.89. The smallest absolute Gasteiger partial charge is 0.264 e. The Morgan fingerprint density at radius 2 is 1.48 bits per heavy atom. The van der Waals surface area contributed by atoms with E-state index in [4.69, 9.17) is 30.2 Å². The van der Waals surface area contributed by atoms with Gasteiger partial charge in [-0.2, -0.15) is 0 Å². The maximum Gasteiger partial charge on any atom is 0.264 e. The molecule has 2 fully saturated rings. The Morgan fingerprint density at radius 1 is 0.968 bits per heavy atom. The van der Waals surface area contributed by atoms with Crippen LogP contribution in [0.25, 0.3) is 0 Å². The van der Waals surface area contributed by atoms with Gasteiger partial charge in [-0.3, -0.25) is 0 Å². The molecule has 4 atom stereocenters. The molecule has 2 aromatic carbocycles. The standard InChI is InChI=1S/C23H28ClNO5Si/c1-21(2,3)31(16-12-8-6-9-13-16,17-14-10-7-11-15-17)30-20-23(24,25-26)18-19(27-20)29-22(4,5)28-18/h6-15,18-20H,1-5H3/t18-,19+,20+,23-/m0/s1. The van der Waals surface area contributed by atoms with Gasteiger partial charge in [-0.1, -0.05) is 93.0 Å². The topological polar surface area (TPSA) is 66.3 Å². The van der Waals surface area contributed by atoms with Crippen molar-refractivity contribution in [2.45, 2.75) is 69.1 Å². The average molecular weight is 462 g/mol. The highest BCUT2D eigenvalue weighted by atomic mass is 35.5. The first-order chi connectivity index (χ1) is 14.5. The summed E-state index contributed by atoms with van der Waals surface area (Å²) in [5.41, 5.74) is 0. The molecule has 2 aliphatic rings. The first-order valence-electron chi connectivity index (χ1n) is 10.4. The highest BCUT2D eigenvalue weighted by Crippen LogP contribution is 2.50. The van der Waals surface area contributed by atoms with E-state index in [0.29, 0.717) is 0 Å². The Morgan fingerprint density at radius 3 is 1.94 bits per heavy atom. The number of nitrogens with zero attached hydrogens (tertiary/aromatic N) is 1. The van der Waals surface area contributed by atoms with Crippen LogP contribution < -0.4 is 10.4 Å². The molecule has 2 aliphatic heterocycles. The first-order valence-corrected chi connectivity index (χ1v) is 12.7. The fourth-order valence-corrected chi connectivity index (χ4v) is 9.40. The first kappa shape index (κ1) is 22.6. The van der Waals surface area contributed by atoms with Crippen LogP contribution in [0.5, 0.6) is 0 Å². The average Bonchev–Trinajstić information content (AvgIpc) is 3.17. The summed E-state index contributed by atoms with van der Waals surface area (Å²) in [6.07, 6.45) is -2.85. The van der Waals surface area contributed by atoms with Gasteiger partial charge in [0.05, 0.1) is 0 Å². The van der Waals surface area contributed by atoms with Crippen LogP contribution in [0, 0.1) is 4.91 Å². The molecule has 8 heteroatoms. The van der Waals surface area contributed by atoms with Crippen molar-refractivity contribution in [3.8, 4) is 0 Å². The largest absolute Gasteiger partial charge is 0.380 e. The molecule has 0 radical (unpaired) electrons. The molecule has 0 amide bonds. The molecule has 0 bridgehead atoms. The SMILES string of the molecule is CC1(C)O[C@H]2O[C@H](O[Si](c3ccccc3)(c3ccccc3)C(C)(C)C)[C@@](Cl)(N=O)[C@H]2O1. The van der Waals surface area contributed by atoms with Gasteiger partial charge in [0.2, 0.25) is 0 Å². The van der Waals surface area contributed by atoms with Gasteiger partial charge in [0, 0.05) is 0 Å². The van der Waals surface area contributed by atoms with E-state index < -0.39 is 37.8 Å². The summed E-state index contributed by atoms with van der Waals surface area (Å²) in [4.78, 5) is 10.3. The highest BCUT2D eigenvalue weighted by Gasteiger charge is 2.68. The molecule has 0 spiro atoms. The van der Waals surface area contributed by atoms with Crippen LogP contribution >= 0.6 is 11.6 Å². The number of alkyl halides is 1. The van der Waals surface area contributed by atoms with Crippen LogP contribution in [0.3, 0.4) is 0 Å². The molecule has 31 heavy (non-hydrogen) atoms. The zero-order chi connectivity index (χ0) is 22.5. The second-order valence-electron chi connectivity index (χ2n) is 9.49. The molecule has 0 N–H and O–H groups in total. The predicted molar refractivity (Wildman–Crippen MR) is 122 cm³/mol. The molecule has 2 saturated heterocycles. The summed E-state index contributed by atoms with van der Waals surface area (Å²) >= 11 is 6.77. The molecule has 0 aliphatic carbocycles. The molecular formula is C23H28ClNO5Si. The Labute approximate surface area is 188 Å². The minimum absolute atomic E-state index is 0.321. The third-order valence-corrected chi connectivity index (χ3v) is 11.3. The van der Waals surface area contributed by atoms with Gasteiger partial charge in [-0.15, -0.1) is 4.91 Å². The van der Waals surface area contributed by atoms with Crippen molar-refractivity contribution in [2.24, 2.45) is 5.18 Å². The maximum absolute atomic E-state index is 12.0. The van der Waals surface area contributed by atoms with Crippen molar-refractivity contribution in [1.29, 1.82) is 0 Å². The lowest BCUT2D eigenvalue weighted by Gasteiger charge is -2.45. The summed E-state index contributed by atoms with van der Waals surface area (Å²) in [5.74, 6) is -0.928. The van der Waals surface area contributed by atoms with Crippen LogP contribution in [0.2, 0.25) is 5.04 Å². The van der Waals surface area contributed by atoms with Crippen molar-refractivity contribution in [3.05, 3.63) is 65.6 Å². The van der Waals surface area contributed by atoms with Crippen molar-refractivity contribution >= 4 is 30.3 Å². The monoisotopic (exact) mass is 461 g/mol. The number of fused-ring (bicyclic) bond motifs is 1. The minimum atomic E-state index is -3.02. The Hall–Kier alpha value is -1.61. The van der Waals surface area contributed by atoms with E-state index in [0.717, 1.165) is 10.4 Å². The Bertz CT molecular complexity index is 896. The molecule has 2 heterocycles. The van der Waals surface area contributed by atoms with Crippen LogP contribution in [0.4, 0.5) is 0 Å². The van der Waals surface area contributed by atoms with Gasteiger partial charge in [-0.25, -0.2) is 0 Å². The van der Waals surface area contributed by atoms with Crippen molar-refractivity contribution in [2.75, 3.05) is 0 Å². The van der Waals surface area contributed by atoms with Crippen molar-refractivity contribution in [1.82, 2.24) is 0 Å². The number of benzene rings is 2. The fraction of sp³-hybridized carbons (Fsp3) is 0.478. The maximum atomic E-state index is 12.0. The molecule has 166 valence electrons. The number of nitroso groups, excluding NO2 is 1. The fourth-order valence-electron chi connectivity index (χ4n) is 4.51. The number of hydrogen-bond donors (Lipinski definition) is 0. The number of ether oxygens (including phenoxy) is 3. The highest BCUT2D eigenvalue weighted by molar-refractivity contribution is 6.99. The van der Waals surface area contributed by atoms with E-state index in [2.05, 4.69) is 50.2 Å². The minimum Gasteiger partial charge on any atom is -0.380 e. The van der Waals surface area contributed by atoms with Gasteiger partial charge < -0.3 is 18.6 Å². The van der Waals surface area contributed by atoms with Gasteiger partial charge >= 0.3 is 0 Å². The lowest BCUT2D eigenvalue weighted by molar-refractivity contribution is -0.235. The van der Waals surface area contributed by atoms with Crippen LogP contribution in [0.1, 0.15) is 34.6 Å². The lowest BCUT2D eigenvalue weighted by atomic mass is 10.2. The van der Waals surface area contributed by atoms with Crippen LogP contribution in [0.15, 0.2) is 65.8 Å². The number of rotatable bonds is 5. The van der Waals surface area contributed by atoms with E-state index in [1.54, 1.807) is 13.8 Å². The second kappa shape index (κ2) is 7.76. The van der Waals surface area contributed by atoms with E-state index in [9.17, 15) is 4.91 Å². The van der Waals surface area contributed by atoms with E-state index in [-0.39, 0.29) is 5.04 Å². The summed E-state index contributed by atoms with van der Waals surface area (Å²) in [7, 11) is -3.02. The normalized spacial score (nSPS) is 30.2. The number of halogens is 1. The van der Waals surface area contributed by atoms with Gasteiger partial charge in [0.15, 0.2) is 24.5 Å². The quantitative estimate of drug-likeness (QED) is 0.290. The number of hydrogen-bond acceptors (Lipinski definition) is 6. The summed E-state index contributed by atoms with van der Waals surface area (Å²) in [6.45, 7) is 9.89. The van der Waals surface area contributed by atoms with Crippen LogP contribution in [-0.2, 0) is 18.6 Å². The Kier molecular flexibility index (Phi) is 5.65. The van der Waals surface area contributed by atoms with E-state index in [1.165, 1.54) is 0 Å². The molecular weight excluding hydrogens is 434 g/mol. The predicted octanol–water partition coefficient (Wildman–Crippen LogP) is 4.10. The van der Waals surface area contributed by atoms with Gasteiger partial charge in [0.1, 0.15) is 0 Å². The summed E-state index contributed by atoms with van der Waals surface area (Å²) in [5, 5.41) is 5.01. The molecule has 0 unspecified atom stereocenters. The molecule has 2 aromatic rings. The van der Waals surface area contributed by atoms with Crippen LogP contribution in [-0.4, -0.2) is 37.8 Å². The molecule has 6 nitrogen and oxygen atoms in total. The van der Waals surface area contributed by atoms with E-state index >= 15 is 0 Å². The summed E-state index contributed by atoms with van der Waals surface area (Å²) in [6, 6.07) is 20.1. The molecule has 4 rings (SSSR count). The van der Waals surface area contributed by atoms with Gasteiger partial charge in [-0.05, 0) is 34.4 Å². The molecule has 0 aromatic heterocycles. The lowest BCUT2D eigenvalue weighted by Crippen LogP contribution is -2.69. The van der Waals surface area contributed by atoms with Crippen molar-refractivity contribution in [3.63, 3.8) is 0 Å². The zero-order valence-corrected chi connectivity index (χ0v) is 20.1. The van der Waals surface area contributed by atoms with Gasteiger partial charge in [0.25, 0.3) is 13.3 Å². The summed E-state index contributed by atoms with van der Waals surface area (Å²) < 4.78 is 24.6. The second-order valence-corrected chi connectivity index (χ2v) is 14.4. The third kappa shape index (κ3) is 3.67. The van der Waals surface area contributed by atoms with Crippen molar-refractivity contribution < 1.29 is 18.6 Å². The zero-order valence-electron chi connectivity index (χ0n) is 18.4.